The molecule has 1 saturated carbocycles. The SMILES string of the molecule is CC(C)c1cc(C(C)(C)C(F)(F)F)c(C2CC2)cc1O. The smallest absolute Gasteiger partial charge is 0.397 e. The molecule has 0 aliphatic heterocycles. The summed E-state index contributed by atoms with van der Waals surface area (Å²) in [6.45, 7) is 6.18. The molecule has 1 fully saturated rings. The second kappa shape index (κ2) is 4.68. The van der Waals surface area contributed by atoms with Crippen LogP contribution >= 0.6 is 0 Å². The monoisotopic (exact) mass is 286 g/mol. The predicted molar refractivity (Wildman–Crippen MR) is 73.3 cm³/mol. The number of benzene rings is 1. The van der Waals surface area contributed by atoms with E-state index in [4.69, 9.17) is 0 Å². The molecule has 20 heavy (non-hydrogen) atoms. The molecule has 0 atom stereocenters. The minimum Gasteiger partial charge on any atom is -0.508 e. The van der Waals surface area contributed by atoms with Gasteiger partial charge in [0.2, 0.25) is 0 Å². The molecule has 0 bridgehead atoms. The molecule has 0 saturated heterocycles. The quantitative estimate of drug-likeness (QED) is 0.806. The molecule has 0 aromatic heterocycles. The van der Waals surface area contributed by atoms with Crippen molar-refractivity contribution < 1.29 is 18.3 Å². The molecule has 0 amide bonds. The van der Waals surface area contributed by atoms with Gasteiger partial charge in [-0.25, -0.2) is 0 Å². The fourth-order valence-corrected chi connectivity index (χ4v) is 2.51. The number of hydrogen-bond donors (Lipinski definition) is 1. The summed E-state index contributed by atoms with van der Waals surface area (Å²) in [4.78, 5) is 0. The number of aromatic hydroxyl groups is 1. The Bertz CT molecular complexity index is 511. The standard InChI is InChI=1S/C16H21F3O/c1-9(2)11-7-13(15(3,4)16(17,18)19)12(8-14(11)20)10-5-6-10/h7-10,20H,5-6H2,1-4H3. The highest BCUT2D eigenvalue weighted by atomic mass is 19.4. The van der Waals surface area contributed by atoms with E-state index in [1.807, 2.05) is 13.8 Å². The summed E-state index contributed by atoms with van der Waals surface area (Å²) in [5.74, 6) is 0.272. The lowest BCUT2D eigenvalue weighted by molar-refractivity contribution is -0.180. The molecular formula is C16H21F3O. The zero-order valence-electron chi connectivity index (χ0n) is 12.3. The van der Waals surface area contributed by atoms with Gasteiger partial charge in [-0.05, 0) is 61.3 Å². The third-order valence-corrected chi connectivity index (χ3v) is 4.22. The van der Waals surface area contributed by atoms with Crippen molar-refractivity contribution in [1.82, 2.24) is 0 Å². The number of alkyl halides is 3. The zero-order chi connectivity index (χ0) is 15.3. The third kappa shape index (κ3) is 2.52. The van der Waals surface area contributed by atoms with Crippen LogP contribution in [0.25, 0.3) is 0 Å². The van der Waals surface area contributed by atoms with Crippen LogP contribution in [0.1, 0.15) is 69.1 Å². The summed E-state index contributed by atoms with van der Waals surface area (Å²) < 4.78 is 40.1. The largest absolute Gasteiger partial charge is 0.508 e. The Kier molecular flexibility index (Phi) is 3.55. The second-order valence-electron chi connectivity index (χ2n) is 6.55. The van der Waals surface area contributed by atoms with Gasteiger partial charge >= 0.3 is 6.18 Å². The Morgan fingerprint density at radius 3 is 2.10 bits per heavy atom. The topological polar surface area (TPSA) is 20.2 Å². The van der Waals surface area contributed by atoms with Gasteiger partial charge in [0.15, 0.2) is 0 Å². The van der Waals surface area contributed by atoms with Crippen molar-refractivity contribution in [1.29, 1.82) is 0 Å². The first-order valence-electron chi connectivity index (χ1n) is 6.99. The van der Waals surface area contributed by atoms with E-state index in [0.717, 1.165) is 12.8 Å². The highest BCUT2D eigenvalue weighted by Gasteiger charge is 2.50. The molecule has 4 heteroatoms. The molecule has 1 N–H and O–H groups in total. The number of rotatable bonds is 3. The number of hydrogen-bond acceptors (Lipinski definition) is 1. The van der Waals surface area contributed by atoms with Crippen LogP contribution in [-0.2, 0) is 5.41 Å². The number of halogens is 3. The van der Waals surface area contributed by atoms with Crippen molar-refractivity contribution in [3.8, 4) is 5.75 Å². The van der Waals surface area contributed by atoms with Crippen LogP contribution in [0.3, 0.4) is 0 Å². The van der Waals surface area contributed by atoms with Crippen molar-refractivity contribution in [3.63, 3.8) is 0 Å². The van der Waals surface area contributed by atoms with Gasteiger partial charge in [0.25, 0.3) is 0 Å². The molecule has 1 nitrogen and oxygen atoms in total. The Hall–Kier alpha value is -1.19. The van der Waals surface area contributed by atoms with E-state index in [1.54, 1.807) is 12.1 Å². The predicted octanol–water partition coefficient (Wildman–Crippen LogP) is 5.23. The van der Waals surface area contributed by atoms with E-state index in [0.29, 0.717) is 16.7 Å². The number of phenolic OH excluding ortho intramolecular Hbond substituents is 1. The van der Waals surface area contributed by atoms with E-state index in [9.17, 15) is 18.3 Å². The van der Waals surface area contributed by atoms with Crippen molar-refractivity contribution in [2.45, 2.75) is 64.0 Å². The average Bonchev–Trinajstić information content (AvgIpc) is 3.09. The molecule has 1 aliphatic rings. The van der Waals surface area contributed by atoms with E-state index in [-0.39, 0.29) is 17.6 Å². The molecule has 0 spiro atoms. The van der Waals surface area contributed by atoms with Gasteiger partial charge in [-0.3, -0.25) is 0 Å². The molecule has 2 rings (SSSR count). The first kappa shape index (κ1) is 15.2. The zero-order valence-corrected chi connectivity index (χ0v) is 12.3. The minimum absolute atomic E-state index is 0.00830. The summed E-state index contributed by atoms with van der Waals surface area (Å²) in [7, 11) is 0. The first-order valence-corrected chi connectivity index (χ1v) is 6.99. The molecular weight excluding hydrogens is 265 g/mol. The molecule has 1 aromatic rings. The van der Waals surface area contributed by atoms with E-state index < -0.39 is 11.6 Å². The fraction of sp³-hybridized carbons (Fsp3) is 0.625. The lowest BCUT2D eigenvalue weighted by atomic mass is 9.78. The van der Waals surface area contributed by atoms with Crippen molar-refractivity contribution in [2.75, 3.05) is 0 Å². The maximum absolute atomic E-state index is 13.4. The Labute approximate surface area is 117 Å². The minimum atomic E-state index is -4.30. The number of phenols is 1. The normalized spacial score (nSPS) is 16.8. The summed E-state index contributed by atoms with van der Waals surface area (Å²) in [6.07, 6.45) is -2.50. The summed E-state index contributed by atoms with van der Waals surface area (Å²) >= 11 is 0. The lowest BCUT2D eigenvalue weighted by Gasteiger charge is -2.31. The van der Waals surface area contributed by atoms with Gasteiger partial charge in [-0.15, -0.1) is 0 Å². The van der Waals surface area contributed by atoms with Crippen LogP contribution in [0.4, 0.5) is 13.2 Å². The molecule has 112 valence electrons. The van der Waals surface area contributed by atoms with E-state index in [1.165, 1.54) is 13.8 Å². The van der Waals surface area contributed by atoms with Gasteiger partial charge in [0.05, 0.1) is 5.41 Å². The fourth-order valence-electron chi connectivity index (χ4n) is 2.51. The average molecular weight is 286 g/mol. The molecule has 0 heterocycles. The van der Waals surface area contributed by atoms with Crippen LogP contribution in [-0.4, -0.2) is 11.3 Å². The van der Waals surface area contributed by atoms with Gasteiger partial charge in [0.1, 0.15) is 5.75 Å². The van der Waals surface area contributed by atoms with Crippen LogP contribution in [0.5, 0.6) is 5.75 Å². The van der Waals surface area contributed by atoms with Crippen molar-refractivity contribution in [2.24, 2.45) is 0 Å². The van der Waals surface area contributed by atoms with Crippen LogP contribution in [0.2, 0.25) is 0 Å². The van der Waals surface area contributed by atoms with Gasteiger partial charge in [-0.1, -0.05) is 19.9 Å². The van der Waals surface area contributed by atoms with E-state index >= 15 is 0 Å². The first-order chi connectivity index (χ1) is 9.05. The van der Waals surface area contributed by atoms with Crippen LogP contribution in [0.15, 0.2) is 12.1 Å². The van der Waals surface area contributed by atoms with Gasteiger partial charge in [0, 0.05) is 0 Å². The van der Waals surface area contributed by atoms with Gasteiger partial charge < -0.3 is 5.11 Å². The Balaban J connectivity index is 2.63. The Morgan fingerprint density at radius 2 is 1.70 bits per heavy atom. The molecule has 0 unspecified atom stereocenters. The molecule has 1 aliphatic carbocycles. The third-order valence-electron chi connectivity index (χ3n) is 4.22. The summed E-state index contributed by atoms with van der Waals surface area (Å²) in [5.41, 5.74) is -0.340. The maximum Gasteiger partial charge on any atom is 0.397 e. The summed E-state index contributed by atoms with van der Waals surface area (Å²) in [5, 5.41) is 10.1. The van der Waals surface area contributed by atoms with Crippen LogP contribution < -0.4 is 0 Å². The molecule has 0 radical (unpaired) electrons. The molecule has 1 aromatic carbocycles. The van der Waals surface area contributed by atoms with Gasteiger partial charge in [-0.2, -0.15) is 13.2 Å². The van der Waals surface area contributed by atoms with Crippen molar-refractivity contribution >= 4 is 0 Å². The van der Waals surface area contributed by atoms with Crippen LogP contribution in [0, 0.1) is 0 Å². The second-order valence-corrected chi connectivity index (χ2v) is 6.55. The van der Waals surface area contributed by atoms with E-state index in [2.05, 4.69) is 0 Å². The Morgan fingerprint density at radius 1 is 1.15 bits per heavy atom. The highest BCUT2D eigenvalue weighted by Crippen LogP contribution is 2.50. The summed E-state index contributed by atoms with van der Waals surface area (Å²) in [6, 6.07) is 3.11. The lowest BCUT2D eigenvalue weighted by Crippen LogP contribution is -2.37. The maximum atomic E-state index is 13.4. The van der Waals surface area contributed by atoms with Crippen molar-refractivity contribution in [3.05, 3.63) is 28.8 Å². The highest BCUT2D eigenvalue weighted by molar-refractivity contribution is 5.49.